The van der Waals surface area contributed by atoms with E-state index in [9.17, 15) is 9.90 Å². The Morgan fingerprint density at radius 3 is 2.00 bits per heavy atom. The first kappa shape index (κ1) is 12.1. The molecule has 0 unspecified atom stereocenters. The van der Waals surface area contributed by atoms with Crippen LogP contribution in [-0.4, -0.2) is 17.7 Å². The third kappa shape index (κ3) is 3.92. The Bertz CT molecular complexity index is 100. The maximum Gasteiger partial charge on any atom is 1.00 e. The second-order valence-corrected chi connectivity index (χ2v) is 2.33. The fourth-order valence-electron chi connectivity index (χ4n) is 0.0645. The molecule has 4 heteroatoms. The molecule has 0 aliphatic carbocycles. The van der Waals surface area contributed by atoms with Gasteiger partial charge in [-0.3, -0.25) is 0 Å². The number of carboxylic acid groups (broad SMARTS) is 1. The van der Waals surface area contributed by atoms with E-state index in [2.05, 4.69) is 0 Å². The molecule has 3 nitrogen and oxygen atoms in total. The summed E-state index contributed by atoms with van der Waals surface area (Å²) in [5.41, 5.74) is -1.10. The van der Waals surface area contributed by atoms with Crippen LogP contribution in [0, 0.1) is 5.41 Å². The number of carbonyl (C=O) groups excluding carboxylic acids is 1. The Balaban J connectivity index is 0. The van der Waals surface area contributed by atoms with Crippen molar-refractivity contribution < 1.29 is 44.6 Å². The van der Waals surface area contributed by atoms with Crippen LogP contribution in [0.3, 0.4) is 0 Å². The average molecular weight is 140 g/mol. The van der Waals surface area contributed by atoms with E-state index >= 15 is 0 Å². The molecule has 0 spiro atoms. The van der Waals surface area contributed by atoms with Gasteiger partial charge in [0, 0.05) is 11.4 Å². The van der Waals surface area contributed by atoms with E-state index in [1.807, 2.05) is 0 Å². The van der Waals surface area contributed by atoms with Gasteiger partial charge in [-0.2, -0.15) is 0 Å². The van der Waals surface area contributed by atoms with E-state index in [-0.39, 0.29) is 36.2 Å². The molecule has 0 fully saturated rings. The number of aliphatic carboxylic acids is 1. The molecule has 0 aromatic heterocycles. The molecule has 0 aliphatic rings. The third-order valence-corrected chi connectivity index (χ3v) is 0.948. The SMILES string of the molecule is CC(C)(CO)C(=O)[O-].[Na+]. The minimum absolute atomic E-state index is 0. The molecule has 0 saturated carbocycles. The van der Waals surface area contributed by atoms with Crippen LogP contribution < -0.4 is 34.7 Å². The Kier molecular flexibility index (Phi) is 5.77. The number of aliphatic hydroxyl groups excluding tert-OH is 1. The second kappa shape index (κ2) is 4.28. The Morgan fingerprint density at radius 2 is 2.00 bits per heavy atom. The van der Waals surface area contributed by atoms with Gasteiger partial charge in [0.05, 0.1) is 6.61 Å². The average Bonchev–Trinajstić information content (AvgIpc) is 1.67. The molecule has 0 aromatic carbocycles. The van der Waals surface area contributed by atoms with Crippen LogP contribution in [0.25, 0.3) is 0 Å². The zero-order valence-electron chi connectivity index (χ0n) is 5.97. The van der Waals surface area contributed by atoms with Crippen LogP contribution in [-0.2, 0) is 4.79 Å². The fourth-order valence-corrected chi connectivity index (χ4v) is 0.0645. The molecule has 0 heterocycles. The molecule has 48 valence electrons. The van der Waals surface area contributed by atoms with Gasteiger partial charge >= 0.3 is 29.6 Å². The van der Waals surface area contributed by atoms with Crippen molar-refractivity contribution in [3.63, 3.8) is 0 Å². The number of carboxylic acids is 1. The van der Waals surface area contributed by atoms with Crippen LogP contribution in [0.1, 0.15) is 13.8 Å². The number of rotatable bonds is 2. The standard InChI is InChI=1S/C5H10O3.Na/c1-5(2,3-6)4(7)8;/h6H,3H2,1-2H3,(H,7,8);/q;+1/p-1. The molecule has 9 heavy (non-hydrogen) atoms. The number of hydrogen-bond acceptors (Lipinski definition) is 3. The minimum atomic E-state index is -1.22. The maximum absolute atomic E-state index is 9.98. The molecule has 0 amide bonds. The summed E-state index contributed by atoms with van der Waals surface area (Å²) >= 11 is 0. The zero-order valence-corrected chi connectivity index (χ0v) is 7.97. The molecule has 0 bridgehead atoms. The molecule has 1 N–H and O–H groups in total. The van der Waals surface area contributed by atoms with Gasteiger partial charge in [-0.1, -0.05) is 13.8 Å². The van der Waals surface area contributed by atoms with Crippen molar-refractivity contribution in [3.8, 4) is 0 Å². The molecular weight excluding hydrogens is 131 g/mol. The molecule has 0 aromatic rings. The van der Waals surface area contributed by atoms with E-state index in [1.165, 1.54) is 13.8 Å². The summed E-state index contributed by atoms with van der Waals surface area (Å²) in [5.74, 6) is -1.22. The molecule has 0 rings (SSSR count). The molecular formula is C5H9NaO3. The van der Waals surface area contributed by atoms with Gasteiger partial charge in [0.15, 0.2) is 0 Å². The summed E-state index contributed by atoms with van der Waals surface area (Å²) in [4.78, 5) is 9.98. The first-order valence-corrected chi connectivity index (χ1v) is 2.33. The van der Waals surface area contributed by atoms with Crippen molar-refractivity contribution in [2.45, 2.75) is 13.8 Å². The van der Waals surface area contributed by atoms with E-state index in [4.69, 9.17) is 5.11 Å². The maximum atomic E-state index is 9.98. The van der Waals surface area contributed by atoms with Gasteiger partial charge in [-0.25, -0.2) is 0 Å². The van der Waals surface area contributed by atoms with Gasteiger partial charge in [-0.05, 0) is 0 Å². The predicted octanol–water partition coefficient (Wildman–Crippen LogP) is -4.24. The van der Waals surface area contributed by atoms with Crippen LogP contribution >= 0.6 is 0 Å². The van der Waals surface area contributed by atoms with Gasteiger partial charge in [0.2, 0.25) is 0 Å². The summed E-state index contributed by atoms with van der Waals surface area (Å²) in [6, 6.07) is 0. The van der Waals surface area contributed by atoms with Crippen molar-refractivity contribution >= 4 is 5.97 Å². The first-order valence-electron chi connectivity index (χ1n) is 2.33. The van der Waals surface area contributed by atoms with Crippen molar-refractivity contribution in [2.75, 3.05) is 6.61 Å². The summed E-state index contributed by atoms with van der Waals surface area (Å²) in [6.07, 6.45) is 0. The largest absolute Gasteiger partial charge is 1.00 e. The molecule has 0 aliphatic heterocycles. The van der Waals surface area contributed by atoms with E-state index in [1.54, 1.807) is 0 Å². The Hall–Kier alpha value is 0.430. The number of carbonyl (C=O) groups is 1. The Morgan fingerprint density at radius 1 is 1.67 bits per heavy atom. The first-order chi connectivity index (χ1) is 3.50. The summed E-state index contributed by atoms with van der Waals surface area (Å²) in [7, 11) is 0. The fraction of sp³-hybridized carbons (Fsp3) is 0.800. The van der Waals surface area contributed by atoms with Gasteiger partial charge in [0.1, 0.15) is 0 Å². The molecule has 0 saturated heterocycles. The zero-order chi connectivity index (χ0) is 6.78. The summed E-state index contributed by atoms with van der Waals surface area (Å²) in [6.45, 7) is 2.43. The van der Waals surface area contributed by atoms with Crippen LogP contribution in [0.4, 0.5) is 0 Å². The Labute approximate surface area is 76.4 Å². The molecule has 0 radical (unpaired) electrons. The van der Waals surface area contributed by atoms with Crippen molar-refractivity contribution in [2.24, 2.45) is 5.41 Å². The monoisotopic (exact) mass is 140 g/mol. The van der Waals surface area contributed by atoms with Gasteiger partial charge in [-0.15, -0.1) is 0 Å². The van der Waals surface area contributed by atoms with Gasteiger partial charge in [0.25, 0.3) is 0 Å². The third-order valence-electron chi connectivity index (χ3n) is 0.948. The van der Waals surface area contributed by atoms with Crippen molar-refractivity contribution in [1.29, 1.82) is 0 Å². The van der Waals surface area contributed by atoms with E-state index in [0.29, 0.717) is 0 Å². The minimum Gasteiger partial charge on any atom is -0.549 e. The number of hydrogen-bond donors (Lipinski definition) is 1. The predicted molar refractivity (Wildman–Crippen MR) is 25.9 cm³/mol. The smallest absolute Gasteiger partial charge is 0.549 e. The van der Waals surface area contributed by atoms with E-state index < -0.39 is 11.4 Å². The van der Waals surface area contributed by atoms with E-state index in [0.717, 1.165) is 0 Å². The summed E-state index contributed by atoms with van der Waals surface area (Å²) < 4.78 is 0. The van der Waals surface area contributed by atoms with Gasteiger partial charge < -0.3 is 15.0 Å². The van der Waals surface area contributed by atoms with Crippen molar-refractivity contribution in [1.82, 2.24) is 0 Å². The quantitative estimate of drug-likeness (QED) is 0.395. The summed E-state index contributed by atoms with van der Waals surface area (Å²) in [5, 5.41) is 18.3. The normalized spacial score (nSPS) is 10.1. The number of aliphatic hydroxyl groups is 1. The van der Waals surface area contributed by atoms with Crippen LogP contribution in [0.5, 0.6) is 0 Å². The van der Waals surface area contributed by atoms with Crippen LogP contribution in [0.15, 0.2) is 0 Å². The molecule has 0 atom stereocenters. The topological polar surface area (TPSA) is 60.4 Å². The van der Waals surface area contributed by atoms with Crippen LogP contribution in [0.2, 0.25) is 0 Å². The van der Waals surface area contributed by atoms with Crippen molar-refractivity contribution in [3.05, 3.63) is 0 Å². The second-order valence-electron chi connectivity index (χ2n) is 2.33.